The molecule has 5 nitrogen and oxygen atoms in total. The molecule has 2 aromatic heterocycles. The van der Waals surface area contributed by atoms with E-state index in [1.54, 1.807) is 11.3 Å². The Morgan fingerprint density at radius 3 is 2.50 bits per heavy atom. The van der Waals surface area contributed by atoms with Gasteiger partial charge in [-0.25, -0.2) is 4.79 Å². The molecular formula is C24H28N2O3S. The number of hydrogen-bond donors (Lipinski definition) is 1. The maximum atomic E-state index is 13.2. The zero-order valence-electron chi connectivity index (χ0n) is 17.7. The SMILES string of the molecule is Cc1ccc(C(OC(=O)c2cc3sccc3n2C(C)C)C(=O)NC2CCCC2)cc1. The monoisotopic (exact) mass is 424 g/mol. The van der Waals surface area contributed by atoms with Crippen LogP contribution in [0.4, 0.5) is 0 Å². The van der Waals surface area contributed by atoms with E-state index >= 15 is 0 Å². The summed E-state index contributed by atoms with van der Waals surface area (Å²) in [6, 6.07) is 11.7. The van der Waals surface area contributed by atoms with Crippen molar-refractivity contribution in [2.45, 2.75) is 64.6 Å². The van der Waals surface area contributed by atoms with Gasteiger partial charge in [-0.15, -0.1) is 11.3 Å². The van der Waals surface area contributed by atoms with Crippen LogP contribution in [-0.4, -0.2) is 22.5 Å². The van der Waals surface area contributed by atoms with E-state index in [0.717, 1.165) is 41.5 Å². The number of amides is 1. The van der Waals surface area contributed by atoms with Crippen LogP contribution >= 0.6 is 11.3 Å². The summed E-state index contributed by atoms with van der Waals surface area (Å²) in [6.07, 6.45) is 3.24. The van der Waals surface area contributed by atoms with Gasteiger partial charge in [-0.1, -0.05) is 42.7 Å². The van der Waals surface area contributed by atoms with Gasteiger partial charge >= 0.3 is 5.97 Å². The number of nitrogens with one attached hydrogen (secondary N) is 1. The molecule has 0 spiro atoms. The predicted octanol–water partition coefficient (Wildman–Crippen LogP) is 5.55. The fourth-order valence-electron chi connectivity index (χ4n) is 4.19. The number of carbonyl (C=O) groups excluding carboxylic acids is 2. The van der Waals surface area contributed by atoms with Crippen molar-refractivity contribution in [1.29, 1.82) is 0 Å². The van der Waals surface area contributed by atoms with Crippen molar-refractivity contribution in [2.75, 3.05) is 0 Å². The average Bonchev–Trinajstić information content (AvgIpc) is 3.43. The molecule has 0 aliphatic heterocycles. The fraction of sp³-hybridized carbons (Fsp3) is 0.417. The first-order valence-electron chi connectivity index (χ1n) is 10.6. The number of thiophene rings is 1. The van der Waals surface area contributed by atoms with E-state index in [2.05, 4.69) is 5.32 Å². The lowest BCUT2D eigenvalue weighted by molar-refractivity contribution is -0.131. The van der Waals surface area contributed by atoms with Gasteiger partial charge in [0.1, 0.15) is 5.69 Å². The third kappa shape index (κ3) is 4.15. The standard InChI is InChI=1S/C24H28N2O3S/c1-15(2)26-19-12-13-30-21(19)14-20(26)24(28)29-22(17-10-8-16(3)9-11-17)23(27)25-18-6-4-5-7-18/h8-15,18,22H,4-7H2,1-3H3,(H,25,27). The van der Waals surface area contributed by atoms with Crippen LogP contribution in [0, 0.1) is 6.92 Å². The quantitative estimate of drug-likeness (QED) is 0.528. The zero-order valence-corrected chi connectivity index (χ0v) is 18.5. The number of ether oxygens (including phenoxy) is 1. The van der Waals surface area contributed by atoms with Crippen molar-refractivity contribution >= 4 is 33.4 Å². The zero-order chi connectivity index (χ0) is 21.3. The van der Waals surface area contributed by atoms with Crippen LogP contribution in [0.3, 0.4) is 0 Å². The number of aromatic nitrogens is 1. The van der Waals surface area contributed by atoms with E-state index in [-0.39, 0.29) is 18.0 Å². The van der Waals surface area contributed by atoms with Gasteiger partial charge in [-0.05, 0) is 51.1 Å². The van der Waals surface area contributed by atoms with Gasteiger partial charge in [0.15, 0.2) is 0 Å². The minimum Gasteiger partial charge on any atom is -0.443 e. The molecular weight excluding hydrogens is 396 g/mol. The molecule has 3 aromatic rings. The second kappa shape index (κ2) is 8.64. The first-order chi connectivity index (χ1) is 14.4. The summed E-state index contributed by atoms with van der Waals surface area (Å²) in [5, 5.41) is 5.10. The van der Waals surface area contributed by atoms with Crippen molar-refractivity contribution < 1.29 is 14.3 Å². The average molecular weight is 425 g/mol. The Labute approximate surface area is 181 Å². The van der Waals surface area contributed by atoms with Crippen molar-refractivity contribution in [3.8, 4) is 0 Å². The smallest absolute Gasteiger partial charge is 0.356 e. The fourth-order valence-corrected chi connectivity index (χ4v) is 5.00. The summed E-state index contributed by atoms with van der Waals surface area (Å²) < 4.78 is 8.88. The number of fused-ring (bicyclic) bond motifs is 1. The lowest BCUT2D eigenvalue weighted by Crippen LogP contribution is -2.38. The number of rotatable bonds is 6. The second-order valence-corrected chi connectivity index (χ2v) is 9.30. The minimum absolute atomic E-state index is 0.102. The highest BCUT2D eigenvalue weighted by atomic mass is 32.1. The summed E-state index contributed by atoms with van der Waals surface area (Å²) in [6.45, 7) is 6.07. The number of esters is 1. The summed E-state index contributed by atoms with van der Waals surface area (Å²) >= 11 is 1.59. The molecule has 158 valence electrons. The van der Waals surface area contributed by atoms with Crippen LogP contribution in [0.25, 0.3) is 10.2 Å². The molecule has 30 heavy (non-hydrogen) atoms. The number of aryl methyl sites for hydroxylation is 1. The van der Waals surface area contributed by atoms with Gasteiger partial charge in [0.25, 0.3) is 5.91 Å². The summed E-state index contributed by atoms with van der Waals surface area (Å²) in [7, 11) is 0. The Kier molecular flexibility index (Phi) is 5.95. The van der Waals surface area contributed by atoms with Crippen molar-refractivity contribution in [3.05, 3.63) is 58.6 Å². The predicted molar refractivity (Wildman–Crippen MR) is 120 cm³/mol. The normalized spacial score (nSPS) is 15.6. The highest BCUT2D eigenvalue weighted by Crippen LogP contribution is 2.30. The van der Waals surface area contributed by atoms with E-state index < -0.39 is 12.1 Å². The molecule has 4 rings (SSSR count). The number of carbonyl (C=O) groups is 2. The maximum absolute atomic E-state index is 13.2. The maximum Gasteiger partial charge on any atom is 0.356 e. The van der Waals surface area contributed by atoms with E-state index in [0.29, 0.717) is 11.3 Å². The molecule has 1 aliphatic rings. The highest BCUT2D eigenvalue weighted by Gasteiger charge is 2.30. The Bertz CT molecular complexity index is 1040. The largest absolute Gasteiger partial charge is 0.443 e. The van der Waals surface area contributed by atoms with Gasteiger partial charge in [-0.3, -0.25) is 4.79 Å². The second-order valence-electron chi connectivity index (χ2n) is 8.35. The Balaban J connectivity index is 1.63. The molecule has 2 heterocycles. The number of hydrogen-bond acceptors (Lipinski definition) is 4. The molecule has 0 saturated heterocycles. The highest BCUT2D eigenvalue weighted by molar-refractivity contribution is 7.17. The van der Waals surface area contributed by atoms with Crippen molar-refractivity contribution in [2.24, 2.45) is 0 Å². The van der Waals surface area contributed by atoms with Crippen LogP contribution in [0.2, 0.25) is 0 Å². The molecule has 0 bridgehead atoms. The number of nitrogens with zero attached hydrogens (tertiary/aromatic N) is 1. The van der Waals surface area contributed by atoms with Crippen LogP contribution in [-0.2, 0) is 9.53 Å². The minimum atomic E-state index is -0.966. The third-order valence-corrected chi connectivity index (χ3v) is 6.58. The van der Waals surface area contributed by atoms with Crippen LogP contribution in [0.5, 0.6) is 0 Å². The first kappa shape index (κ1) is 20.7. The molecule has 1 amide bonds. The van der Waals surface area contributed by atoms with Gasteiger partial charge in [-0.2, -0.15) is 0 Å². The Morgan fingerprint density at radius 1 is 1.13 bits per heavy atom. The third-order valence-electron chi connectivity index (χ3n) is 5.73. The van der Waals surface area contributed by atoms with Gasteiger partial charge in [0.05, 0.1) is 10.2 Å². The molecule has 1 unspecified atom stereocenters. The molecule has 1 aromatic carbocycles. The lowest BCUT2D eigenvalue weighted by Gasteiger charge is -2.21. The summed E-state index contributed by atoms with van der Waals surface area (Å²) in [5.74, 6) is -0.720. The molecule has 0 radical (unpaired) electrons. The molecule has 6 heteroatoms. The first-order valence-corrected chi connectivity index (χ1v) is 11.5. The molecule has 1 saturated carbocycles. The molecule has 1 fully saturated rings. The molecule has 1 atom stereocenters. The van der Waals surface area contributed by atoms with Crippen LogP contribution < -0.4 is 5.32 Å². The van der Waals surface area contributed by atoms with E-state index in [1.807, 2.05) is 67.1 Å². The molecule has 1 N–H and O–H groups in total. The van der Waals surface area contributed by atoms with Crippen LogP contribution in [0.15, 0.2) is 41.8 Å². The van der Waals surface area contributed by atoms with Gasteiger partial charge in [0, 0.05) is 17.6 Å². The van der Waals surface area contributed by atoms with Crippen molar-refractivity contribution in [3.63, 3.8) is 0 Å². The van der Waals surface area contributed by atoms with E-state index in [4.69, 9.17) is 4.74 Å². The van der Waals surface area contributed by atoms with Gasteiger partial charge in [0.2, 0.25) is 6.10 Å². The number of benzene rings is 1. The molecule has 1 aliphatic carbocycles. The Morgan fingerprint density at radius 2 is 1.83 bits per heavy atom. The van der Waals surface area contributed by atoms with Crippen molar-refractivity contribution in [1.82, 2.24) is 9.88 Å². The lowest BCUT2D eigenvalue weighted by atomic mass is 10.1. The van der Waals surface area contributed by atoms with E-state index in [1.165, 1.54) is 0 Å². The summed E-state index contributed by atoms with van der Waals surface area (Å²) in [5.41, 5.74) is 3.28. The Hall–Kier alpha value is -2.60. The van der Waals surface area contributed by atoms with E-state index in [9.17, 15) is 9.59 Å². The topological polar surface area (TPSA) is 60.3 Å². The van der Waals surface area contributed by atoms with Crippen LogP contribution in [0.1, 0.15) is 73.3 Å². The summed E-state index contributed by atoms with van der Waals surface area (Å²) in [4.78, 5) is 26.3. The van der Waals surface area contributed by atoms with Gasteiger partial charge < -0.3 is 14.6 Å².